The van der Waals surface area contributed by atoms with E-state index in [0.29, 0.717) is 44.8 Å². The zero-order valence-corrected chi connectivity index (χ0v) is 13.0. The summed E-state index contributed by atoms with van der Waals surface area (Å²) in [5.41, 5.74) is -0.0611. The topological polar surface area (TPSA) is 61.8 Å². The fourth-order valence-corrected chi connectivity index (χ4v) is 2.82. The first-order chi connectivity index (χ1) is 10.6. The van der Waals surface area contributed by atoms with Gasteiger partial charge in [0.25, 0.3) is 0 Å². The van der Waals surface area contributed by atoms with Crippen LogP contribution in [0, 0.1) is 0 Å². The maximum absolute atomic E-state index is 11.7. The van der Waals surface area contributed by atoms with E-state index in [4.69, 9.17) is 4.74 Å². The van der Waals surface area contributed by atoms with E-state index in [2.05, 4.69) is 16.8 Å². The predicted octanol–water partition coefficient (Wildman–Crippen LogP) is 1.28. The normalized spacial score (nSPS) is 17.7. The number of hydrogen-bond donors (Lipinski definition) is 2. The molecular formula is C17H24N2O3. The van der Waals surface area contributed by atoms with Crippen molar-refractivity contribution in [2.45, 2.75) is 18.4 Å². The Morgan fingerprint density at radius 1 is 1.45 bits per heavy atom. The zero-order valence-electron chi connectivity index (χ0n) is 13.0. The molecule has 1 amide bonds. The fraction of sp³-hybridized carbons (Fsp3) is 0.471. The van der Waals surface area contributed by atoms with Crippen LogP contribution in [0.5, 0.6) is 5.75 Å². The predicted molar refractivity (Wildman–Crippen MR) is 85.8 cm³/mol. The summed E-state index contributed by atoms with van der Waals surface area (Å²) in [7, 11) is 1.61. The van der Waals surface area contributed by atoms with Gasteiger partial charge in [-0.05, 0) is 18.9 Å². The minimum atomic E-state index is -0.888. The van der Waals surface area contributed by atoms with Crippen molar-refractivity contribution in [3.05, 3.63) is 42.5 Å². The molecule has 0 aliphatic carbocycles. The molecule has 22 heavy (non-hydrogen) atoms. The molecule has 0 radical (unpaired) electrons. The monoisotopic (exact) mass is 304 g/mol. The number of nitrogens with zero attached hydrogens (tertiary/aromatic N) is 1. The summed E-state index contributed by atoms with van der Waals surface area (Å²) in [6.45, 7) is 5.77. The molecular weight excluding hydrogens is 280 g/mol. The molecule has 0 spiro atoms. The number of aliphatic hydroxyl groups is 1. The minimum Gasteiger partial charge on any atom is -0.496 e. The molecule has 120 valence electrons. The van der Waals surface area contributed by atoms with Gasteiger partial charge in [-0.2, -0.15) is 0 Å². The molecule has 2 rings (SSSR count). The Hall–Kier alpha value is -1.85. The first-order valence-corrected chi connectivity index (χ1v) is 7.55. The molecule has 0 bridgehead atoms. The summed E-state index contributed by atoms with van der Waals surface area (Å²) in [5.74, 6) is 0.699. The molecule has 0 unspecified atom stereocenters. The lowest BCUT2D eigenvalue weighted by atomic mass is 9.84. The third-order valence-corrected chi connectivity index (χ3v) is 4.10. The second-order valence-electron chi connectivity index (χ2n) is 5.60. The van der Waals surface area contributed by atoms with Crippen LogP contribution in [0.2, 0.25) is 0 Å². The number of carbonyl (C=O) groups is 1. The number of piperidine rings is 1. The Balaban J connectivity index is 1.95. The Kier molecular flexibility index (Phi) is 5.57. The number of carbonyl (C=O) groups excluding carboxylic acids is 1. The number of methoxy groups -OCH3 is 1. The van der Waals surface area contributed by atoms with Crippen LogP contribution in [0.4, 0.5) is 0 Å². The number of nitrogens with one attached hydrogen (secondary N) is 1. The smallest absolute Gasteiger partial charge is 0.234 e. The molecule has 1 aromatic carbocycles. The Morgan fingerprint density at radius 3 is 2.77 bits per heavy atom. The molecule has 0 saturated carbocycles. The van der Waals surface area contributed by atoms with E-state index in [9.17, 15) is 9.90 Å². The number of amides is 1. The zero-order chi connectivity index (χ0) is 16.0. The SMILES string of the molecule is C=CCNC(=O)CN1CCC(O)(c2ccccc2OC)CC1. The van der Waals surface area contributed by atoms with E-state index >= 15 is 0 Å². The molecule has 1 aromatic rings. The number of benzene rings is 1. The summed E-state index contributed by atoms with van der Waals surface area (Å²) in [5, 5.41) is 13.7. The molecule has 0 aromatic heterocycles. The average molecular weight is 304 g/mol. The van der Waals surface area contributed by atoms with Gasteiger partial charge >= 0.3 is 0 Å². The lowest BCUT2D eigenvalue weighted by Crippen LogP contribution is -2.46. The van der Waals surface area contributed by atoms with Gasteiger partial charge in [0, 0.05) is 25.2 Å². The summed E-state index contributed by atoms with van der Waals surface area (Å²) in [4.78, 5) is 13.8. The third-order valence-electron chi connectivity index (χ3n) is 4.10. The largest absolute Gasteiger partial charge is 0.496 e. The Morgan fingerprint density at radius 2 is 2.14 bits per heavy atom. The van der Waals surface area contributed by atoms with Gasteiger partial charge in [-0.3, -0.25) is 9.69 Å². The van der Waals surface area contributed by atoms with Gasteiger partial charge in [0.2, 0.25) is 5.91 Å². The highest BCUT2D eigenvalue weighted by atomic mass is 16.5. The minimum absolute atomic E-state index is 0.0115. The number of hydrogen-bond acceptors (Lipinski definition) is 4. The van der Waals surface area contributed by atoms with Crippen LogP contribution >= 0.6 is 0 Å². The quantitative estimate of drug-likeness (QED) is 0.777. The highest BCUT2D eigenvalue weighted by Gasteiger charge is 2.36. The third kappa shape index (κ3) is 3.87. The molecule has 1 heterocycles. The number of likely N-dealkylation sites (tertiary alicyclic amines) is 1. The highest BCUT2D eigenvalue weighted by molar-refractivity contribution is 5.78. The molecule has 1 aliphatic rings. The second kappa shape index (κ2) is 7.42. The van der Waals surface area contributed by atoms with Crippen molar-refractivity contribution in [3.63, 3.8) is 0 Å². The standard InChI is InChI=1S/C17H24N2O3/c1-3-10-18-16(20)13-19-11-8-17(21,9-12-19)14-6-4-5-7-15(14)22-2/h3-7,21H,1,8-13H2,2H3,(H,18,20). The van der Waals surface area contributed by atoms with E-state index in [1.807, 2.05) is 24.3 Å². The first kappa shape index (κ1) is 16.5. The van der Waals surface area contributed by atoms with Crippen LogP contribution in [0.3, 0.4) is 0 Å². The second-order valence-corrected chi connectivity index (χ2v) is 5.60. The molecule has 5 nitrogen and oxygen atoms in total. The van der Waals surface area contributed by atoms with E-state index in [1.54, 1.807) is 13.2 Å². The molecule has 5 heteroatoms. The maximum Gasteiger partial charge on any atom is 0.234 e. The van der Waals surface area contributed by atoms with Crippen molar-refractivity contribution in [1.29, 1.82) is 0 Å². The van der Waals surface area contributed by atoms with Crippen molar-refractivity contribution < 1.29 is 14.6 Å². The van der Waals surface area contributed by atoms with Crippen LogP contribution in [-0.2, 0) is 10.4 Å². The number of para-hydroxylation sites is 1. The number of rotatable bonds is 6. The van der Waals surface area contributed by atoms with Crippen LogP contribution in [0.25, 0.3) is 0 Å². The van der Waals surface area contributed by atoms with Crippen molar-refractivity contribution in [2.24, 2.45) is 0 Å². The van der Waals surface area contributed by atoms with E-state index in [-0.39, 0.29) is 5.91 Å². The summed E-state index contributed by atoms with van der Waals surface area (Å²) >= 11 is 0. The summed E-state index contributed by atoms with van der Waals surface area (Å²) in [6.07, 6.45) is 2.83. The molecule has 1 aliphatic heterocycles. The van der Waals surface area contributed by atoms with Gasteiger partial charge in [0.15, 0.2) is 0 Å². The lowest BCUT2D eigenvalue weighted by molar-refractivity contribution is -0.123. The van der Waals surface area contributed by atoms with Gasteiger partial charge in [0.05, 0.1) is 19.3 Å². The lowest BCUT2D eigenvalue weighted by Gasteiger charge is -2.38. The van der Waals surface area contributed by atoms with Crippen LogP contribution in [0.1, 0.15) is 18.4 Å². The summed E-state index contributed by atoms with van der Waals surface area (Å²) in [6, 6.07) is 7.57. The maximum atomic E-state index is 11.7. The molecule has 2 N–H and O–H groups in total. The average Bonchev–Trinajstić information content (AvgIpc) is 2.55. The van der Waals surface area contributed by atoms with Crippen LogP contribution < -0.4 is 10.1 Å². The van der Waals surface area contributed by atoms with Gasteiger partial charge in [0.1, 0.15) is 5.75 Å². The van der Waals surface area contributed by atoms with E-state index in [1.165, 1.54) is 0 Å². The molecule has 1 saturated heterocycles. The van der Waals surface area contributed by atoms with Crippen molar-refractivity contribution in [3.8, 4) is 5.75 Å². The highest BCUT2D eigenvalue weighted by Crippen LogP contribution is 2.37. The Labute approximate surface area is 131 Å². The molecule has 0 atom stereocenters. The van der Waals surface area contributed by atoms with Gasteiger partial charge in [-0.25, -0.2) is 0 Å². The van der Waals surface area contributed by atoms with Crippen LogP contribution in [0.15, 0.2) is 36.9 Å². The van der Waals surface area contributed by atoms with Crippen LogP contribution in [-0.4, -0.2) is 49.2 Å². The van der Waals surface area contributed by atoms with Gasteiger partial charge in [-0.1, -0.05) is 24.3 Å². The Bertz CT molecular complexity index is 522. The van der Waals surface area contributed by atoms with Gasteiger partial charge in [-0.15, -0.1) is 6.58 Å². The first-order valence-electron chi connectivity index (χ1n) is 7.55. The van der Waals surface area contributed by atoms with Gasteiger partial charge < -0.3 is 15.2 Å². The van der Waals surface area contributed by atoms with E-state index in [0.717, 1.165) is 5.56 Å². The van der Waals surface area contributed by atoms with E-state index < -0.39 is 5.60 Å². The van der Waals surface area contributed by atoms with Crippen molar-refractivity contribution >= 4 is 5.91 Å². The fourth-order valence-electron chi connectivity index (χ4n) is 2.82. The van der Waals surface area contributed by atoms with Crippen molar-refractivity contribution in [2.75, 3.05) is 33.3 Å². The number of ether oxygens (including phenoxy) is 1. The van der Waals surface area contributed by atoms with Crippen molar-refractivity contribution in [1.82, 2.24) is 10.2 Å². The summed E-state index contributed by atoms with van der Waals surface area (Å²) < 4.78 is 5.35. The molecule has 1 fully saturated rings.